The van der Waals surface area contributed by atoms with Crippen LogP contribution in [0.25, 0.3) is 0 Å². The first-order chi connectivity index (χ1) is 6.65. The van der Waals surface area contributed by atoms with E-state index >= 15 is 0 Å². The Kier molecular flexibility index (Phi) is 3.89. The fourth-order valence-corrected chi connectivity index (χ4v) is 1.53. The number of nitrogens with zero attached hydrogens (tertiary/aromatic N) is 1. The van der Waals surface area contributed by atoms with Crippen LogP contribution in [0.15, 0.2) is 24.3 Å². The minimum atomic E-state index is 0.0582. The average molecular weight is 194 g/mol. The Morgan fingerprint density at radius 3 is 2.64 bits per heavy atom. The van der Waals surface area contributed by atoms with E-state index in [-0.39, 0.29) is 11.9 Å². The van der Waals surface area contributed by atoms with Crippen LogP contribution in [0.2, 0.25) is 0 Å². The number of carbonyl (C=O) groups is 1. The molecule has 0 saturated carbocycles. The molecule has 3 nitrogen and oxygen atoms in total. The lowest BCUT2D eigenvalue weighted by Gasteiger charge is -2.12. The van der Waals surface area contributed by atoms with Gasteiger partial charge in [-0.05, 0) is 12.8 Å². The van der Waals surface area contributed by atoms with Gasteiger partial charge in [-0.2, -0.15) is 0 Å². The summed E-state index contributed by atoms with van der Waals surface area (Å²) in [5.74, 6) is 0.469. The maximum absolute atomic E-state index is 11.6. The molecule has 78 valence electrons. The molecule has 1 rings (SSSR count). The van der Waals surface area contributed by atoms with Crippen molar-refractivity contribution in [3.05, 3.63) is 24.3 Å². The van der Waals surface area contributed by atoms with Crippen molar-refractivity contribution in [1.29, 1.82) is 0 Å². The molecule has 0 aromatic heterocycles. The summed E-state index contributed by atoms with van der Waals surface area (Å²) in [6.45, 7) is 5.45. The number of carbonyl (C=O) groups excluding carboxylic acids is 1. The Morgan fingerprint density at radius 2 is 2.14 bits per heavy atom. The molecule has 0 bridgehead atoms. The Labute approximate surface area is 85.3 Å². The predicted octanol–water partition coefficient (Wildman–Crippen LogP) is 0.924. The van der Waals surface area contributed by atoms with Crippen LogP contribution in [0.5, 0.6) is 0 Å². The summed E-state index contributed by atoms with van der Waals surface area (Å²) in [5, 5.41) is 0. The Balaban J connectivity index is 2.47. The smallest absolute Gasteiger partial charge is 0.246 e. The molecule has 14 heavy (non-hydrogen) atoms. The van der Waals surface area contributed by atoms with E-state index in [9.17, 15) is 4.79 Å². The summed E-state index contributed by atoms with van der Waals surface area (Å²) in [5.41, 5.74) is 5.83. The molecule has 0 aromatic rings. The molecule has 1 aliphatic rings. The highest BCUT2D eigenvalue weighted by Gasteiger charge is 2.28. The second-order valence-electron chi connectivity index (χ2n) is 3.77. The van der Waals surface area contributed by atoms with E-state index in [1.54, 1.807) is 17.1 Å². The first kappa shape index (κ1) is 11.0. The maximum Gasteiger partial charge on any atom is 0.246 e. The second kappa shape index (κ2) is 4.96. The predicted molar refractivity (Wildman–Crippen MR) is 57.7 cm³/mol. The quantitative estimate of drug-likeness (QED) is 0.525. The third-order valence-electron chi connectivity index (χ3n) is 2.52. The summed E-state index contributed by atoms with van der Waals surface area (Å²) in [4.78, 5) is 13.4. The zero-order chi connectivity index (χ0) is 10.6. The van der Waals surface area contributed by atoms with Crippen LogP contribution in [-0.4, -0.2) is 29.9 Å². The minimum Gasteiger partial charge on any atom is -0.337 e. The molecule has 1 heterocycles. The Bertz CT molecular complexity index is 248. The minimum absolute atomic E-state index is 0.0582. The van der Waals surface area contributed by atoms with Gasteiger partial charge in [0.15, 0.2) is 0 Å². The van der Waals surface area contributed by atoms with Crippen LogP contribution >= 0.6 is 0 Å². The summed E-state index contributed by atoms with van der Waals surface area (Å²) in [6.07, 6.45) is 7.08. The number of hydrogen-bond acceptors (Lipinski definition) is 2. The number of rotatable bonds is 2. The van der Waals surface area contributed by atoms with Gasteiger partial charge in [0.2, 0.25) is 5.91 Å². The molecule has 1 aliphatic heterocycles. The molecule has 0 spiro atoms. The number of nitrogens with two attached hydrogens (primary N) is 1. The third kappa shape index (κ3) is 2.70. The standard InChI is InChI=1S/C11H18N2O/c1-3-4-5-6-11(14)13-7-9(2)10(12)8-13/h3-6,9-10H,7-8,12H2,1-2H3/b4-3+,6-5+. The molecule has 3 heteroatoms. The lowest BCUT2D eigenvalue weighted by Crippen LogP contribution is -2.31. The SMILES string of the molecule is C/C=C/C=C/C(=O)N1CC(C)C(N)C1. The highest BCUT2D eigenvalue weighted by atomic mass is 16.2. The largest absolute Gasteiger partial charge is 0.337 e. The molecule has 1 amide bonds. The van der Waals surface area contributed by atoms with Crippen LogP contribution in [0, 0.1) is 5.92 Å². The van der Waals surface area contributed by atoms with Gasteiger partial charge < -0.3 is 10.6 Å². The van der Waals surface area contributed by atoms with Crippen LogP contribution in [0.3, 0.4) is 0 Å². The van der Waals surface area contributed by atoms with E-state index in [0.29, 0.717) is 12.5 Å². The highest BCUT2D eigenvalue weighted by Crippen LogP contribution is 2.14. The van der Waals surface area contributed by atoms with Crippen molar-refractivity contribution in [3.63, 3.8) is 0 Å². The van der Waals surface area contributed by atoms with E-state index in [1.807, 2.05) is 19.1 Å². The van der Waals surface area contributed by atoms with Crippen molar-refractivity contribution in [2.45, 2.75) is 19.9 Å². The number of hydrogen-bond donors (Lipinski definition) is 1. The number of allylic oxidation sites excluding steroid dienone is 3. The van der Waals surface area contributed by atoms with Gasteiger partial charge in [0.25, 0.3) is 0 Å². The zero-order valence-electron chi connectivity index (χ0n) is 8.81. The maximum atomic E-state index is 11.6. The van der Waals surface area contributed by atoms with Gasteiger partial charge in [-0.25, -0.2) is 0 Å². The monoisotopic (exact) mass is 194 g/mol. The lowest BCUT2D eigenvalue weighted by molar-refractivity contribution is -0.125. The molecule has 1 fully saturated rings. The fourth-order valence-electron chi connectivity index (χ4n) is 1.53. The van der Waals surface area contributed by atoms with E-state index in [1.165, 1.54) is 0 Å². The van der Waals surface area contributed by atoms with Gasteiger partial charge in [-0.1, -0.05) is 25.2 Å². The molecule has 0 aromatic carbocycles. The van der Waals surface area contributed by atoms with Crippen LogP contribution in [-0.2, 0) is 4.79 Å². The van der Waals surface area contributed by atoms with Crippen molar-refractivity contribution >= 4 is 5.91 Å². The van der Waals surface area contributed by atoms with Crippen molar-refractivity contribution in [1.82, 2.24) is 4.90 Å². The molecule has 2 atom stereocenters. The lowest BCUT2D eigenvalue weighted by atomic mass is 10.1. The highest BCUT2D eigenvalue weighted by molar-refractivity contribution is 5.88. The van der Waals surface area contributed by atoms with Crippen molar-refractivity contribution in [3.8, 4) is 0 Å². The van der Waals surface area contributed by atoms with E-state index in [0.717, 1.165) is 6.54 Å². The molecular weight excluding hydrogens is 176 g/mol. The van der Waals surface area contributed by atoms with Crippen molar-refractivity contribution in [2.75, 3.05) is 13.1 Å². The van der Waals surface area contributed by atoms with E-state index < -0.39 is 0 Å². The number of likely N-dealkylation sites (tertiary alicyclic amines) is 1. The van der Waals surface area contributed by atoms with Gasteiger partial charge in [-0.3, -0.25) is 4.79 Å². The molecule has 1 saturated heterocycles. The second-order valence-corrected chi connectivity index (χ2v) is 3.77. The van der Waals surface area contributed by atoms with E-state index in [4.69, 9.17) is 5.73 Å². The normalized spacial score (nSPS) is 28.1. The molecule has 0 aliphatic carbocycles. The Morgan fingerprint density at radius 1 is 1.43 bits per heavy atom. The fraction of sp³-hybridized carbons (Fsp3) is 0.545. The molecule has 2 N–H and O–H groups in total. The summed E-state index contributed by atoms with van der Waals surface area (Å²) >= 11 is 0. The summed E-state index contributed by atoms with van der Waals surface area (Å²) < 4.78 is 0. The van der Waals surface area contributed by atoms with Gasteiger partial charge in [0.05, 0.1) is 0 Å². The van der Waals surface area contributed by atoms with Gasteiger partial charge in [-0.15, -0.1) is 0 Å². The van der Waals surface area contributed by atoms with Crippen LogP contribution in [0.1, 0.15) is 13.8 Å². The summed E-state index contributed by atoms with van der Waals surface area (Å²) in [7, 11) is 0. The molecule has 2 unspecified atom stereocenters. The topological polar surface area (TPSA) is 46.3 Å². The Hall–Kier alpha value is -1.09. The average Bonchev–Trinajstić information content (AvgIpc) is 2.47. The van der Waals surface area contributed by atoms with Gasteiger partial charge >= 0.3 is 0 Å². The number of amides is 1. The molecular formula is C11H18N2O. The zero-order valence-corrected chi connectivity index (χ0v) is 8.81. The third-order valence-corrected chi connectivity index (χ3v) is 2.52. The van der Waals surface area contributed by atoms with Crippen molar-refractivity contribution in [2.24, 2.45) is 11.7 Å². The van der Waals surface area contributed by atoms with E-state index in [2.05, 4.69) is 6.92 Å². The van der Waals surface area contributed by atoms with Gasteiger partial charge in [0, 0.05) is 25.2 Å². The summed E-state index contributed by atoms with van der Waals surface area (Å²) in [6, 6.07) is 0.133. The van der Waals surface area contributed by atoms with Gasteiger partial charge in [0.1, 0.15) is 0 Å². The first-order valence-electron chi connectivity index (χ1n) is 4.99. The first-order valence-corrected chi connectivity index (χ1v) is 4.99. The van der Waals surface area contributed by atoms with Crippen LogP contribution < -0.4 is 5.73 Å². The van der Waals surface area contributed by atoms with Crippen LogP contribution in [0.4, 0.5) is 0 Å². The van der Waals surface area contributed by atoms with Crippen molar-refractivity contribution < 1.29 is 4.79 Å². The molecule has 0 radical (unpaired) electrons.